The highest BCUT2D eigenvalue weighted by atomic mass is 16.2. The van der Waals surface area contributed by atoms with Crippen molar-refractivity contribution in [3.05, 3.63) is 12.3 Å². The zero-order chi connectivity index (χ0) is 5.28. The van der Waals surface area contributed by atoms with Gasteiger partial charge in [0.1, 0.15) is 6.04 Å². The molecule has 0 aliphatic carbocycles. The molecule has 1 rings (SSSR count). The lowest BCUT2D eigenvalue weighted by Gasteiger charge is -1.91. The van der Waals surface area contributed by atoms with Crippen molar-refractivity contribution >= 4 is 5.91 Å². The fourth-order valence-corrected chi connectivity index (χ4v) is 0.418. The quantitative estimate of drug-likeness (QED) is 0.406. The average Bonchev–Trinajstić information content (AvgIpc) is 1.91. The Kier molecular flexibility index (Phi) is 0.834. The maximum atomic E-state index is 10.3. The minimum Gasteiger partial charge on any atom is -0.331 e. The van der Waals surface area contributed by atoms with Crippen LogP contribution >= 0.6 is 0 Å². The normalized spacial score (nSPS) is 28.1. The van der Waals surface area contributed by atoms with Crippen LogP contribution in [-0.2, 0) is 4.79 Å². The van der Waals surface area contributed by atoms with Gasteiger partial charge in [0, 0.05) is 6.20 Å². The van der Waals surface area contributed by atoms with Crippen LogP contribution < -0.4 is 11.1 Å². The molecule has 3 N–H and O–H groups in total. The van der Waals surface area contributed by atoms with Crippen molar-refractivity contribution in [1.29, 1.82) is 0 Å². The standard InChI is InChI=1S/C4H6N2O/c5-3-1-2-6-4(3)7/h1-3H,5H2,(H,6,7)/t3-/m0/s1. The molecular weight excluding hydrogens is 92.1 g/mol. The van der Waals surface area contributed by atoms with Gasteiger partial charge in [-0.25, -0.2) is 0 Å². The molecule has 7 heavy (non-hydrogen) atoms. The Morgan fingerprint density at radius 1 is 1.86 bits per heavy atom. The van der Waals surface area contributed by atoms with Crippen LogP contribution in [0.25, 0.3) is 0 Å². The number of carbonyl (C=O) groups excluding carboxylic acids is 1. The van der Waals surface area contributed by atoms with E-state index < -0.39 is 6.04 Å². The fourth-order valence-electron chi connectivity index (χ4n) is 0.418. The van der Waals surface area contributed by atoms with E-state index in [0.717, 1.165) is 0 Å². The topological polar surface area (TPSA) is 55.1 Å². The predicted molar refractivity (Wildman–Crippen MR) is 25.3 cm³/mol. The fraction of sp³-hybridized carbons (Fsp3) is 0.250. The molecule has 0 bridgehead atoms. The van der Waals surface area contributed by atoms with E-state index in [4.69, 9.17) is 5.73 Å². The molecule has 0 radical (unpaired) electrons. The molecule has 0 saturated heterocycles. The largest absolute Gasteiger partial charge is 0.331 e. The molecule has 0 aromatic heterocycles. The Bertz CT molecular complexity index is 119. The van der Waals surface area contributed by atoms with Crippen LogP contribution in [-0.4, -0.2) is 11.9 Å². The van der Waals surface area contributed by atoms with E-state index in [9.17, 15) is 4.79 Å². The minimum absolute atomic E-state index is 0.125. The molecule has 1 amide bonds. The molecule has 0 spiro atoms. The summed E-state index contributed by atoms with van der Waals surface area (Å²) in [4.78, 5) is 10.3. The number of carbonyl (C=O) groups is 1. The van der Waals surface area contributed by atoms with Crippen molar-refractivity contribution in [2.45, 2.75) is 6.04 Å². The third kappa shape index (κ3) is 0.618. The van der Waals surface area contributed by atoms with Gasteiger partial charge in [-0.2, -0.15) is 0 Å². The van der Waals surface area contributed by atoms with Gasteiger partial charge >= 0.3 is 0 Å². The number of rotatable bonds is 0. The summed E-state index contributed by atoms with van der Waals surface area (Å²) in [5.41, 5.74) is 5.18. The second-order valence-electron chi connectivity index (χ2n) is 1.39. The molecule has 38 valence electrons. The second-order valence-corrected chi connectivity index (χ2v) is 1.39. The summed E-state index contributed by atoms with van der Waals surface area (Å²) in [5.74, 6) is -0.125. The zero-order valence-corrected chi connectivity index (χ0v) is 3.72. The van der Waals surface area contributed by atoms with E-state index in [1.807, 2.05) is 0 Å². The highest BCUT2D eigenvalue weighted by Crippen LogP contribution is 1.87. The minimum atomic E-state index is -0.417. The Labute approximate surface area is 41.2 Å². The van der Waals surface area contributed by atoms with Gasteiger partial charge in [0.2, 0.25) is 5.91 Å². The Hall–Kier alpha value is -0.830. The molecular formula is C4H6N2O. The first-order valence-corrected chi connectivity index (χ1v) is 2.03. The third-order valence-electron chi connectivity index (χ3n) is 0.832. The van der Waals surface area contributed by atoms with Gasteiger partial charge in [0.15, 0.2) is 0 Å². The van der Waals surface area contributed by atoms with Crippen molar-refractivity contribution in [2.75, 3.05) is 0 Å². The Balaban J connectivity index is 2.62. The molecule has 3 heteroatoms. The molecule has 0 unspecified atom stereocenters. The summed E-state index contributed by atoms with van der Waals surface area (Å²) in [6, 6.07) is -0.417. The van der Waals surface area contributed by atoms with Gasteiger partial charge in [0.25, 0.3) is 0 Å². The summed E-state index contributed by atoms with van der Waals surface area (Å²) in [5, 5.41) is 2.42. The molecule has 0 fully saturated rings. The van der Waals surface area contributed by atoms with Crippen molar-refractivity contribution in [3.8, 4) is 0 Å². The molecule has 1 aliphatic rings. The van der Waals surface area contributed by atoms with E-state index in [-0.39, 0.29) is 5.91 Å². The molecule has 1 atom stereocenters. The van der Waals surface area contributed by atoms with Crippen LogP contribution in [0, 0.1) is 0 Å². The van der Waals surface area contributed by atoms with Crippen molar-refractivity contribution in [1.82, 2.24) is 5.32 Å². The number of amides is 1. The first-order chi connectivity index (χ1) is 3.30. The van der Waals surface area contributed by atoms with E-state index in [1.54, 1.807) is 12.3 Å². The van der Waals surface area contributed by atoms with Crippen molar-refractivity contribution in [3.63, 3.8) is 0 Å². The van der Waals surface area contributed by atoms with Crippen molar-refractivity contribution < 1.29 is 4.79 Å². The Morgan fingerprint density at radius 2 is 2.57 bits per heavy atom. The zero-order valence-electron chi connectivity index (χ0n) is 3.72. The van der Waals surface area contributed by atoms with Crippen LogP contribution in [0.4, 0.5) is 0 Å². The predicted octanol–water partition coefficient (Wildman–Crippen LogP) is -1.04. The lowest BCUT2D eigenvalue weighted by molar-refractivity contribution is -0.119. The van der Waals surface area contributed by atoms with Gasteiger partial charge in [0.05, 0.1) is 0 Å². The average molecular weight is 98.1 g/mol. The number of hydrogen-bond donors (Lipinski definition) is 2. The van der Waals surface area contributed by atoms with E-state index in [1.165, 1.54) is 0 Å². The van der Waals surface area contributed by atoms with Crippen LogP contribution in [0.15, 0.2) is 12.3 Å². The van der Waals surface area contributed by atoms with Gasteiger partial charge in [-0.05, 0) is 6.08 Å². The van der Waals surface area contributed by atoms with Crippen molar-refractivity contribution in [2.24, 2.45) is 5.73 Å². The van der Waals surface area contributed by atoms with Gasteiger partial charge in [-0.3, -0.25) is 4.79 Å². The van der Waals surface area contributed by atoms with Crippen LogP contribution in [0.3, 0.4) is 0 Å². The summed E-state index contributed by atoms with van der Waals surface area (Å²) in [6.45, 7) is 0. The van der Waals surface area contributed by atoms with E-state index in [0.29, 0.717) is 0 Å². The highest BCUT2D eigenvalue weighted by Gasteiger charge is 2.11. The molecule has 0 aromatic rings. The molecule has 0 aromatic carbocycles. The van der Waals surface area contributed by atoms with Gasteiger partial charge < -0.3 is 11.1 Å². The summed E-state index contributed by atoms with van der Waals surface area (Å²) < 4.78 is 0. The van der Waals surface area contributed by atoms with Crippen LogP contribution in [0.5, 0.6) is 0 Å². The first-order valence-electron chi connectivity index (χ1n) is 2.03. The summed E-state index contributed by atoms with van der Waals surface area (Å²) >= 11 is 0. The molecule has 0 saturated carbocycles. The number of nitrogens with two attached hydrogens (primary N) is 1. The summed E-state index contributed by atoms with van der Waals surface area (Å²) in [6.07, 6.45) is 3.16. The van der Waals surface area contributed by atoms with E-state index in [2.05, 4.69) is 5.32 Å². The highest BCUT2D eigenvalue weighted by molar-refractivity contribution is 5.86. The lowest BCUT2D eigenvalue weighted by atomic mass is 10.3. The Morgan fingerprint density at radius 3 is 2.71 bits per heavy atom. The smallest absolute Gasteiger partial charge is 0.244 e. The first kappa shape index (κ1) is 4.33. The molecule has 1 heterocycles. The summed E-state index contributed by atoms with van der Waals surface area (Å²) in [7, 11) is 0. The monoisotopic (exact) mass is 98.0 g/mol. The third-order valence-corrected chi connectivity index (χ3v) is 0.832. The van der Waals surface area contributed by atoms with E-state index >= 15 is 0 Å². The number of hydrogen-bond acceptors (Lipinski definition) is 2. The lowest BCUT2D eigenvalue weighted by Crippen LogP contribution is -2.30. The van der Waals surface area contributed by atoms with Gasteiger partial charge in [-0.15, -0.1) is 0 Å². The van der Waals surface area contributed by atoms with Crippen LogP contribution in [0.1, 0.15) is 0 Å². The van der Waals surface area contributed by atoms with Gasteiger partial charge in [-0.1, -0.05) is 0 Å². The molecule has 1 aliphatic heterocycles. The molecule has 3 nitrogen and oxygen atoms in total. The second kappa shape index (κ2) is 1.35. The SMILES string of the molecule is N[C@H]1C=CNC1=O. The maximum Gasteiger partial charge on any atom is 0.244 e. The number of nitrogens with one attached hydrogen (secondary N) is 1. The maximum absolute atomic E-state index is 10.3. The van der Waals surface area contributed by atoms with Crippen LogP contribution in [0.2, 0.25) is 0 Å².